The second kappa shape index (κ2) is 5.12. The predicted molar refractivity (Wildman–Crippen MR) is 69.3 cm³/mol. The molecule has 0 aliphatic rings. The van der Waals surface area contributed by atoms with Crippen molar-refractivity contribution >= 4 is 27.5 Å². The predicted octanol–water partition coefficient (Wildman–Crippen LogP) is 2.36. The van der Waals surface area contributed by atoms with Crippen molar-refractivity contribution < 1.29 is 0 Å². The van der Waals surface area contributed by atoms with E-state index in [1.807, 2.05) is 32.2 Å². The summed E-state index contributed by atoms with van der Waals surface area (Å²) in [5.74, 6) is 0.742. The van der Waals surface area contributed by atoms with E-state index in [-0.39, 0.29) is 6.04 Å². The van der Waals surface area contributed by atoms with Gasteiger partial charge in [-0.05, 0) is 58.5 Å². The molecule has 1 N–H and O–H groups in total. The van der Waals surface area contributed by atoms with Gasteiger partial charge in [0, 0.05) is 4.47 Å². The van der Waals surface area contributed by atoms with Crippen LogP contribution in [0.25, 0.3) is 5.69 Å². The molecule has 5 nitrogen and oxygen atoms in total. The lowest BCUT2D eigenvalue weighted by molar-refractivity contribution is 0.588. The quantitative estimate of drug-likeness (QED) is 0.944. The topological polar surface area (TPSA) is 55.6 Å². The summed E-state index contributed by atoms with van der Waals surface area (Å²) in [5, 5.41) is 15.4. The van der Waals surface area contributed by atoms with Gasteiger partial charge in [0.2, 0.25) is 0 Å². The number of halogens is 2. The molecule has 1 aromatic carbocycles. The van der Waals surface area contributed by atoms with Gasteiger partial charge in [-0.25, -0.2) is 0 Å². The van der Waals surface area contributed by atoms with Crippen LogP contribution in [-0.2, 0) is 0 Å². The highest BCUT2D eigenvalue weighted by molar-refractivity contribution is 9.10. The largest absolute Gasteiger partial charge is 0.311 e. The monoisotopic (exact) mass is 315 g/mol. The summed E-state index contributed by atoms with van der Waals surface area (Å²) in [6.07, 6.45) is 0. The SMILES string of the molecule is CNC(C)c1nnnn1-c1ccc(Br)c(Cl)c1. The lowest BCUT2D eigenvalue weighted by atomic mass is 10.3. The molecule has 0 radical (unpaired) electrons. The maximum absolute atomic E-state index is 6.05. The number of nitrogens with zero attached hydrogens (tertiary/aromatic N) is 4. The number of tetrazole rings is 1. The molecule has 0 amide bonds. The summed E-state index contributed by atoms with van der Waals surface area (Å²) in [4.78, 5) is 0. The lowest BCUT2D eigenvalue weighted by Crippen LogP contribution is -2.17. The standard InChI is InChI=1S/C10H11BrClN5/c1-6(13-2)10-14-15-16-17(10)7-3-4-8(11)9(12)5-7/h3-6,13H,1-2H3. The van der Waals surface area contributed by atoms with E-state index in [0.29, 0.717) is 5.02 Å². The Kier molecular flexibility index (Phi) is 3.76. The molecule has 0 saturated carbocycles. The van der Waals surface area contributed by atoms with Crippen molar-refractivity contribution in [3.63, 3.8) is 0 Å². The van der Waals surface area contributed by atoms with Crippen LogP contribution in [0.3, 0.4) is 0 Å². The van der Waals surface area contributed by atoms with Gasteiger partial charge in [0.1, 0.15) is 0 Å². The summed E-state index contributed by atoms with van der Waals surface area (Å²) in [6.45, 7) is 1.99. The zero-order chi connectivity index (χ0) is 12.4. The number of hydrogen-bond donors (Lipinski definition) is 1. The lowest BCUT2D eigenvalue weighted by Gasteiger charge is -2.10. The van der Waals surface area contributed by atoms with Crippen LogP contribution in [0.4, 0.5) is 0 Å². The van der Waals surface area contributed by atoms with E-state index < -0.39 is 0 Å². The highest BCUT2D eigenvalue weighted by Crippen LogP contribution is 2.25. The first kappa shape index (κ1) is 12.5. The van der Waals surface area contributed by atoms with Gasteiger partial charge in [0.25, 0.3) is 0 Å². The van der Waals surface area contributed by atoms with Gasteiger partial charge in [0.15, 0.2) is 5.82 Å². The van der Waals surface area contributed by atoms with Gasteiger partial charge in [-0.3, -0.25) is 0 Å². The number of rotatable bonds is 3. The molecule has 2 aromatic rings. The van der Waals surface area contributed by atoms with E-state index in [1.165, 1.54) is 0 Å². The minimum atomic E-state index is 0.0624. The van der Waals surface area contributed by atoms with Gasteiger partial charge < -0.3 is 5.32 Å². The summed E-state index contributed by atoms with van der Waals surface area (Å²) >= 11 is 9.40. The number of hydrogen-bond acceptors (Lipinski definition) is 4. The van der Waals surface area contributed by atoms with Crippen LogP contribution in [0.5, 0.6) is 0 Å². The van der Waals surface area contributed by atoms with Gasteiger partial charge in [0.05, 0.1) is 16.8 Å². The molecule has 1 heterocycles. The van der Waals surface area contributed by atoms with Crippen molar-refractivity contribution in [2.45, 2.75) is 13.0 Å². The van der Waals surface area contributed by atoms with Crippen LogP contribution in [0, 0.1) is 0 Å². The highest BCUT2D eigenvalue weighted by Gasteiger charge is 2.14. The van der Waals surface area contributed by atoms with Gasteiger partial charge in [-0.2, -0.15) is 4.68 Å². The zero-order valence-corrected chi connectivity index (χ0v) is 11.7. The van der Waals surface area contributed by atoms with Crippen LogP contribution >= 0.6 is 27.5 Å². The molecule has 0 aliphatic carbocycles. The second-order valence-corrected chi connectivity index (χ2v) is 4.82. The van der Waals surface area contributed by atoms with E-state index in [2.05, 4.69) is 36.8 Å². The molecule has 0 spiro atoms. The molecule has 17 heavy (non-hydrogen) atoms. The van der Waals surface area contributed by atoms with Crippen LogP contribution in [-0.4, -0.2) is 27.3 Å². The van der Waals surface area contributed by atoms with Gasteiger partial charge >= 0.3 is 0 Å². The molecule has 0 aliphatic heterocycles. The average molecular weight is 317 g/mol. The van der Waals surface area contributed by atoms with Crippen molar-refractivity contribution in [3.05, 3.63) is 33.5 Å². The Morgan fingerprint density at radius 2 is 2.24 bits per heavy atom. The Morgan fingerprint density at radius 1 is 1.47 bits per heavy atom. The van der Waals surface area contributed by atoms with E-state index >= 15 is 0 Å². The minimum Gasteiger partial charge on any atom is -0.311 e. The number of benzene rings is 1. The maximum atomic E-state index is 6.05. The van der Waals surface area contributed by atoms with Gasteiger partial charge in [-0.15, -0.1) is 5.10 Å². The molecule has 1 unspecified atom stereocenters. The Hall–Kier alpha value is -0.980. The van der Waals surface area contributed by atoms with E-state index in [9.17, 15) is 0 Å². The molecule has 0 fully saturated rings. The minimum absolute atomic E-state index is 0.0624. The Bertz CT molecular complexity index is 527. The summed E-state index contributed by atoms with van der Waals surface area (Å²) in [7, 11) is 1.86. The van der Waals surface area contributed by atoms with Crippen LogP contribution in [0.2, 0.25) is 5.02 Å². The third-order valence-electron chi connectivity index (χ3n) is 2.46. The molecular weight excluding hydrogens is 306 g/mol. The Morgan fingerprint density at radius 3 is 2.88 bits per heavy atom. The molecule has 1 aromatic heterocycles. The van der Waals surface area contributed by atoms with Crippen molar-refractivity contribution in [1.29, 1.82) is 0 Å². The third kappa shape index (κ3) is 2.48. The smallest absolute Gasteiger partial charge is 0.173 e. The summed E-state index contributed by atoms with van der Waals surface area (Å²) in [5.41, 5.74) is 0.834. The van der Waals surface area contributed by atoms with E-state index in [4.69, 9.17) is 11.6 Å². The highest BCUT2D eigenvalue weighted by atomic mass is 79.9. The fraction of sp³-hybridized carbons (Fsp3) is 0.300. The normalized spacial score (nSPS) is 12.7. The maximum Gasteiger partial charge on any atom is 0.173 e. The van der Waals surface area contributed by atoms with Crippen LogP contribution in [0.15, 0.2) is 22.7 Å². The van der Waals surface area contributed by atoms with Crippen molar-refractivity contribution in [3.8, 4) is 5.69 Å². The Labute approximate surface area is 112 Å². The van der Waals surface area contributed by atoms with Crippen molar-refractivity contribution in [2.24, 2.45) is 0 Å². The van der Waals surface area contributed by atoms with Crippen molar-refractivity contribution in [1.82, 2.24) is 25.5 Å². The molecule has 90 valence electrons. The van der Waals surface area contributed by atoms with E-state index in [0.717, 1.165) is 16.0 Å². The molecule has 0 saturated heterocycles. The second-order valence-electron chi connectivity index (χ2n) is 3.56. The van der Waals surface area contributed by atoms with Crippen molar-refractivity contribution in [2.75, 3.05) is 7.05 Å². The molecule has 0 bridgehead atoms. The van der Waals surface area contributed by atoms with Crippen LogP contribution < -0.4 is 5.32 Å². The number of nitrogens with one attached hydrogen (secondary N) is 1. The zero-order valence-electron chi connectivity index (χ0n) is 9.35. The fourth-order valence-corrected chi connectivity index (χ4v) is 1.82. The summed E-state index contributed by atoms with van der Waals surface area (Å²) in [6, 6.07) is 5.65. The number of aromatic nitrogens is 4. The van der Waals surface area contributed by atoms with Gasteiger partial charge in [-0.1, -0.05) is 11.6 Å². The van der Waals surface area contributed by atoms with Crippen LogP contribution in [0.1, 0.15) is 18.8 Å². The molecular formula is C10H11BrClN5. The third-order valence-corrected chi connectivity index (χ3v) is 3.69. The first-order valence-electron chi connectivity index (χ1n) is 5.04. The molecule has 1 atom stereocenters. The summed E-state index contributed by atoms with van der Waals surface area (Å²) < 4.78 is 2.51. The molecule has 2 rings (SSSR count). The van der Waals surface area contributed by atoms with E-state index in [1.54, 1.807) is 4.68 Å². The fourth-order valence-electron chi connectivity index (χ4n) is 1.39. The Balaban J connectivity index is 2.46. The molecule has 7 heteroatoms. The first-order chi connectivity index (χ1) is 8.13. The average Bonchev–Trinajstić information content (AvgIpc) is 2.80. The first-order valence-corrected chi connectivity index (χ1v) is 6.21.